The number of hydrogen-bond donors (Lipinski definition) is 0. The third-order valence-corrected chi connectivity index (χ3v) is 7.55. The van der Waals surface area contributed by atoms with Crippen LogP contribution in [0, 0.1) is 18.8 Å². The van der Waals surface area contributed by atoms with Gasteiger partial charge in [-0.15, -0.1) is 0 Å². The second-order valence-corrected chi connectivity index (χ2v) is 9.27. The van der Waals surface area contributed by atoms with Crippen molar-refractivity contribution in [3.8, 4) is 0 Å². The molecule has 5 amide bonds. The summed E-state index contributed by atoms with van der Waals surface area (Å²) in [5, 5.41) is 0.392. The third kappa shape index (κ3) is 2.69. The molecule has 0 bridgehead atoms. The number of halogens is 1. The van der Waals surface area contributed by atoms with Crippen LogP contribution in [0.15, 0.2) is 48.5 Å². The van der Waals surface area contributed by atoms with Crippen molar-refractivity contribution in [2.75, 3.05) is 11.4 Å². The summed E-state index contributed by atoms with van der Waals surface area (Å²) in [5.41, 5.74) is 0.682. The SMILES string of the molecule is CCN1C(=O)[C@H]2[C@@H](c3ccc(C)cc3)N3C(=O)N(c4cccc(Cl)c4)C(=O)[C@@]3(CC)[C@H]2C1=O. The maximum Gasteiger partial charge on any atom is 0.332 e. The van der Waals surface area contributed by atoms with Crippen molar-refractivity contribution >= 4 is 41.0 Å². The van der Waals surface area contributed by atoms with Crippen LogP contribution in [0.4, 0.5) is 10.5 Å². The Morgan fingerprint density at radius 1 is 0.970 bits per heavy atom. The number of fused-ring (bicyclic) bond motifs is 3. The minimum Gasteiger partial charge on any atom is -0.300 e. The van der Waals surface area contributed by atoms with E-state index in [1.54, 1.807) is 38.1 Å². The number of carbonyl (C=O) groups excluding carboxylic acids is 4. The van der Waals surface area contributed by atoms with E-state index in [0.29, 0.717) is 10.7 Å². The fourth-order valence-electron chi connectivity index (χ4n) is 5.86. The zero-order valence-electron chi connectivity index (χ0n) is 18.6. The Bertz CT molecular complexity index is 1200. The minimum absolute atomic E-state index is 0.217. The highest BCUT2D eigenvalue weighted by molar-refractivity contribution is 6.32. The average Bonchev–Trinajstić information content (AvgIpc) is 3.32. The van der Waals surface area contributed by atoms with Gasteiger partial charge in [0.05, 0.1) is 23.6 Å². The molecule has 33 heavy (non-hydrogen) atoms. The molecule has 5 rings (SSSR count). The first-order valence-corrected chi connectivity index (χ1v) is 11.5. The van der Waals surface area contributed by atoms with Gasteiger partial charge >= 0.3 is 6.03 Å². The largest absolute Gasteiger partial charge is 0.332 e. The van der Waals surface area contributed by atoms with Gasteiger partial charge < -0.3 is 4.90 Å². The molecule has 0 N–H and O–H groups in total. The number of likely N-dealkylation sites (tertiary alicyclic amines) is 1. The zero-order valence-corrected chi connectivity index (χ0v) is 19.4. The highest BCUT2D eigenvalue weighted by Crippen LogP contribution is 2.59. The molecule has 3 aliphatic heterocycles. The summed E-state index contributed by atoms with van der Waals surface area (Å²) < 4.78 is 0. The number of benzene rings is 2. The van der Waals surface area contributed by atoms with Crippen molar-refractivity contribution in [3.05, 3.63) is 64.7 Å². The summed E-state index contributed by atoms with van der Waals surface area (Å²) in [7, 11) is 0. The van der Waals surface area contributed by atoms with Crippen LogP contribution >= 0.6 is 11.6 Å². The lowest BCUT2D eigenvalue weighted by atomic mass is 9.77. The molecule has 0 spiro atoms. The molecule has 0 aromatic heterocycles. The van der Waals surface area contributed by atoms with Gasteiger partial charge in [-0.2, -0.15) is 0 Å². The molecule has 0 saturated carbocycles. The second-order valence-electron chi connectivity index (χ2n) is 8.83. The van der Waals surface area contributed by atoms with Gasteiger partial charge in [0, 0.05) is 11.6 Å². The van der Waals surface area contributed by atoms with Crippen molar-refractivity contribution in [1.82, 2.24) is 9.80 Å². The van der Waals surface area contributed by atoms with Gasteiger partial charge in [0.15, 0.2) is 0 Å². The van der Waals surface area contributed by atoms with Crippen molar-refractivity contribution < 1.29 is 19.2 Å². The van der Waals surface area contributed by atoms with Crippen molar-refractivity contribution in [2.24, 2.45) is 11.8 Å². The van der Waals surface area contributed by atoms with Gasteiger partial charge in [0.2, 0.25) is 11.8 Å². The molecule has 3 saturated heterocycles. The number of anilines is 1. The number of hydrogen-bond acceptors (Lipinski definition) is 4. The second kappa shape index (κ2) is 7.42. The highest BCUT2D eigenvalue weighted by Gasteiger charge is 2.76. The summed E-state index contributed by atoms with van der Waals surface area (Å²) >= 11 is 6.15. The molecular weight excluding hydrogens is 442 g/mol. The Labute approximate surface area is 196 Å². The number of imide groups is 2. The van der Waals surface area contributed by atoms with E-state index in [0.717, 1.165) is 16.0 Å². The van der Waals surface area contributed by atoms with Crippen molar-refractivity contribution in [2.45, 2.75) is 38.8 Å². The van der Waals surface area contributed by atoms with Crippen LogP contribution in [-0.2, 0) is 14.4 Å². The first-order chi connectivity index (χ1) is 15.8. The van der Waals surface area contributed by atoms with Crippen LogP contribution < -0.4 is 4.90 Å². The number of urea groups is 1. The Morgan fingerprint density at radius 2 is 1.67 bits per heavy atom. The number of rotatable bonds is 4. The molecule has 4 atom stereocenters. The molecule has 2 aromatic rings. The van der Waals surface area contributed by atoms with E-state index in [9.17, 15) is 19.2 Å². The number of nitrogens with zero attached hydrogens (tertiary/aromatic N) is 3. The van der Waals surface area contributed by atoms with Crippen LogP contribution in [0.3, 0.4) is 0 Å². The lowest BCUT2D eigenvalue weighted by molar-refractivity contribution is -0.144. The van der Waals surface area contributed by atoms with Gasteiger partial charge in [0.1, 0.15) is 5.54 Å². The first kappa shape index (κ1) is 21.6. The van der Waals surface area contributed by atoms with E-state index in [2.05, 4.69) is 0 Å². The molecule has 0 unspecified atom stereocenters. The Hall–Kier alpha value is -3.19. The summed E-state index contributed by atoms with van der Waals surface area (Å²) in [4.78, 5) is 58.6. The summed E-state index contributed by atoms with van der Waals surface area (Å²) in [6.07, 6.45) is 0.217. The molecule has 2 aromatic carbocycles. The van der Waals surface area contributed by atoms with E-state index in [-0.39, 0.29) is 24.8 Å². The predicted octanol–water partition coefficient (Wildman–Crippen LogP) is 3.94. The van der Waals surface area contributed by atoms with E-state index in [1.807, 2.05) is 31.2 Å². The normalized spacial score (nSPS) is 28.7. The van der Waals surface area contributed by atoms with Crippen LogP contribution in [-0.4, -0.2) is 45.6 Å². The Kier molecular flexibility index (Phi) is 4.86. The van der Waals surface area contributed by atoms with Crippen LogP contribution in [0.25, 0.3) is 0 Å². The van der Waals surface area contributed by atoms with E-state index in [4.69, 9.17) is 11.6 Å². The number of aryl methyl sites for hydroxylation is 1. The average molecular weight is 466 g/mol. The molecule has 3 fully saturated rings. The van der Waals surface area contributed by atoms with Gasteiger partial charge in [-0.25, -0.2) is 9.69 Å². The monoisotopic (exact) mass is 465 g/mol. The number of carbonyl (C=O) groups is 4. The van der Waals surface area contributed by atoms with Crippen LogP contribution in [0.1, 0.15) is 37.4 Å². The van der Waals surface area contributed by atoms with Gasteiger partial charge in [-0.1, -0.05) is 54.4 Å². The maximum absolute atomic E-state index is 14.0. The molecule has 3 heterocycles. The van der Waals surface area contributed by atoms with Gasteiger partial charge in [-0.05, 0) is 44.0 Å². The highest BCUT2D eigenvalue weighted by atomic mass is 35.5. The smallest absolute Gasteiger partial charge is 0.300 e. The molecule has 8 heteroatoms. The maximum atomic E-state index is 14.0. The fourth-order valence-corrected chi connectivity index (χ4v) is 6.04. The third-order valence-electron chi connectivity index (χ3n) is 7.32. The Morgan fingerprint density at radius 3 is 2.27 bits per heavy atom. The predicted molar refractivity (Wildman–Crippen MR) is 122 cm³/mol. The Balaban J connectivity index is 1.74. The van der Waals surface area contributed by atoms with Gasteiger partial charge in [0.25, 0.3) is 5.91 Å². The van der Waals surface area contributed by atoms with Gasteiger partial charge in [-0.3, -0.25) is 19.3 Å². The summed E-state index contributed by atoms with van der Waals surface area (Å²) in [6.45, 7) is 5.71. The van der Waals surface area contributed by atoms with Crippen molar-refractivity contribution in [3.63, 3.8) is 0 Å². The minimum atomic E-state index is -1.43. The molecule has 170 valence electrons. The molecule has 7 nitrogen and oxygen atoms in total. The van der Waals surface area contributed by atoms with Crippen molar-refractivity contribution in [1.29, 1.82) is 0 Å². The quantitative estimate of drug-likeness (QED) is 0.506. The molecule has 0 radical (unpaired) electrons. The van der Waals surface area contributed by atoms with Crippen LogP contribution in [0.5, 0.6) is 0 Å². The number of amides is 5. The van der Waals surface area contributed by atoms with Crippen LogP contribution in [0.2, 0.25) is 5.02 Å². The van der Waals surface area contributed by atoms with E-state index >= 15 is 0 Å². The zero-order chi connectivity index (χ0) is 23.7. The lowest BCUT2D eigenvalue weighted by Gasteiger charge is -2.34. The standard InChI is InChI=1S/C25H24ClN3O4/c1-4-25-19-18(21(30)27(5-2)22(19)31)20(15-11-9-14(3)10-12-15)29(25)24(33)28(23(25)32)17-8-6-7-16(26)13-17/h6-13,18-20H,4-5H2,1-3H3/t18-,19-,20-,25-/m1/s1. The summed E-state index contributed by atoms with van der Waals surface area (Å²) in [6, 6.07) is 12.8. The first-order valence-electron chi connectivity index (χ1n) is 11.1. The topological polar surface area (TPSA) is 78.0 Å². The molecule has 0 aliphatic carbocycles. The van der Waals surface area contributed by atoms with E-state index < -0.39 is 35.4 Å². The summed E-state index contributed by atoms with van der Waals surface area (Å²) in [5.74, 6) is -2.92. The fraction of sp³-hybridized carbons (Fsp3) is 0.360. The molecular formula is C25H24ClN3O4. The molecule has 3 aliphatic rings. The lowest BCUT2D eigenvalue weighted by Crippen LogP contribution is -2.53. The van der Waals surface area contributed by atoms with E-state index in [1.165, 1.54) is 9.80 Å².